The Balaban J connectivity index is -0.00000182. The maximum Gasteiger partial charge on any atom is 1.00 e. The number of H-pyrrole nitrogens is 1. The van der Waals surface area contributed by atoms with Crippen LogP contribution in [0.25, 0.3) is 0 Å². The van der Waals surface area contributed by atoms with Crippen LogP contribution >= 0.6 is 0 Å². The van der Waals surface area contributed by atoms with Crippen molar-refractivity contribution in [3.8, 4) is 17.2 Å². The summed E-state index contributed by atoms with van der Waals surface area (Å²) in [5.41, 5.74) is 0.967. The predicted octanol–water partition coefficient (Wildman–Crippen LogP) is -1.98. The first-order valence-corrected chi connectivity index (χ1v) is 9.33. The molecule has 148 valence electrons. The van der Waals surface area contributed by atoms with Crippen LogP contribution in [0.3, 0.4) is 0 Å². The van der Waals surface area contributed by atoms with Gasteiger partial charge in [-0.3, -0.25) is 0 Å². The summed E-state index contributed by atoms with van der Waals surface area (Å²) < 4.78 is 11.3. The number of phenolic OH excluding ortho intramolecular Hbond substituents is 1. The molecule has 1 aromatic heterocycles. The van der Waals surface area contributed by atoms with E-state index in [2.05, 4.69) is 41.4 Å². The molecule has 0 fully saturated rings. The molecule has 2 aromatic rings. The van der Waals surface area contributed by atoms with Gasteiger partial charge >= 0.3 is 59.1 Å². The van der Waals surface area contributed by atoms with Gasteiger partial charge in [0.2, 0.25) is 0 Å². The van der Waals surface area contributed by atoms with E-state index in [1.54, 1.807) is 6.07 Å². The molecule has 1 aromatic carbocycles. The second-order valence-corrected chi connectivity index (χ2v) is 6.99. The Morgan fingerprint density at radius 1 is 1.07 bits per heavy atom. The third-order valence-electron chi connectivity index (χ3n) is 4.48. The summed E-state index contributed by atoms with van der Waals surface area (Å²) in [5, 5.41) is 24.4. The number of rotatable bonds is 11. The second kappa shape index (κ2) is 13.8. The summed E-state index contributed by atoms with van der Waals surface area (Å²) in [6.45, 7) is 9.37. The largest absolute Gasteiger partial charge is 1.00 e. The molecule has 0 aliphatic rings. The Kier molecular flexibility index (Phi) is 13.7. The fourth-order valence-electron chi connectivity index (χ4n) is 2.86. The van der Waals surface area contributed by atoms with Gasteiger partial charge in [-0.25, -0.2) is 0 Å². The quantitative estimate of drug-likeness (QED) is 0.329. The fourth-order valence-corrected chi connectivity index (χ4v) is 2.86. The minimum Gasteiger partial charge on any atom is -1.00 e. The third-order valence-corrected chi connectivity index (χ3v) is 4.48. The molecule has 0 spiro atoms. The minimum atomic E-state index is -0.0792. The van der Waals surface area contributed by atoms with Crippen LogP contribution in [0, 0.1) is 0 Å². The van der Waals surface area contributed by atoms with Crippen molar-refractivity contribution in [2.45, 2.75) is 65.2 Å². The summed E-state index contributed by atoms with van der Waals surface area (Å²) >= 11 is 0. The van der Waals surface area contributed by atoms with Gasteiger partial charge in [0.05, 0.1) is 13.2 Å². The van der Waals surface area contributed by atoms with Gasteiger partial charge < -0.3 is 17.4 Å². The predicted molar refractivity (Wildman–Crippen MR) is 102 cm³/mol. The van der Waals surface area contributed by atoms with Crippen LogP contribution in [0.5, 0.6) is 17.2 Å². The number of phenols is 1. The van der Waals surface area contributed by atoms with Crippen molar-refractivity contribution in [3.05, 3.63) is 23.5 Å². The molecule has 0 radical (unpaired) electrons. The molecule has 0 amide bonds. The molecule has 28 heavy (non-hydrogen) atoms. The van der Waals surface area contributed by atoms with Crippen molar-refractivity contribution < 1.29 is 76.5 Å². The van der Waals surface area contributed by atoms with Crippen LogP contribution in [0.4, 0.5) is 0 Å². The first-order chi connectivity index (χ1) is 12.5. The zero-order valence-electron chi connectivity index (χ0n) is 20.2. The number of aromatic amines is 1. The molecule has 7 nitrogen and oxygen atoms in total. The van der Waals surface area contributed by atoms with E-state index in [1.165, 1.54) is 0 Å². The first kappa shape index (κ1) is 27.7. The van der Waals surface area contributed by atoms with E-state index in [0.717, 1.165) is 49.2 Å². The first-order valence-electron chi connectivity index (χ1n) is 9.33. The smallest absolute Gasteiger partial charge is 1.00 e. The zero-order valence-corrected chi connectivity index (χ0v) is 22.2. The number of aromatic hydroxyl groups is 1. The van der Waals surface area contributed by atoms with Crippen molar-refractivity contribution in [2.75, 3.05) is 13.2 Å². The Morgan fingerprint density at radius 2 is 1.82 bits per heavy atom. The molecular weight excluding hydrogens is 378 g/mol. The molecule has 0 aliphatic heterocycles. The second-order valence-electron chi connectivity index (χ2n) is 6.99. The molecule has 0 saturated carbocycles. The number of nitrogens with zero attached hydrogens (tertiary/aromatic N) is 3. The van der Waals surface area contributed by atoms with E-state index in [4.69, 9.17) is 9.47 Å². The molecule has 2 N–H and O–H groups in total. The van der Waals surface area contributed by atoms with Gasteiger partial charge in [-0.2, -0.15) is 5.21 Å². The van der Waals surface area contributed by atoms with Gasteiger partial charge in [0.15, 0.2) is 17.3 Å². The number of hydrogen-bond donors (Lipinski definition) is 2. The standard InChI is InChI=1S/C19H30N4O3.2Na.2H/c1-5-14-12-17(25-6-2)15(24)13-16(14)26-11-9-7-8-10-19(3,4)18-20-22-23-21-18;;;;/h12-13,24H,5-11H2,1-4H3,(H,20,21,22,23);;;;/q;2*+1;2*-1. The molecule has 0 saturated heterocycles. The van der Waals surface area contributed by atoms with E-state index >= 15 is 0 Å². The fraction of sp³-hybridized carbons (Fsp3) is 0.632. The van der Waals surface area contributed by atoms with Crippen LogP contribution in [0.15, 0.2) is 12.1 Å². The van der Waals surface area contributed by atoms with E-state index in [0.29, 0.717) is 19.0 Å². The Labute approximate surface area is 214 Å². The van der Waals surface area contributed by atoms with Crippen molar-refractivity contribution in [1.82, 2.24) is 20.6 Å². The summed E-state index contributed by atoms with van der Waals surface area (Å²) in [6.07, 6.45) is 4.91. The van der Waals surface area contributed by atoms with Gasteiger partial charge in [0.1, 0.15) is 5.75 Å². The van der Waals surface area contributed by atoms with Crippen molar-refractivity contribution in [1.29, 1.82) is 0 Å². The number of ether oxygens (including phenoxy) is 2. The number of aryl methyl sites for hydroxylation is 1. The Bertz CT molecular complexity index is 693. The van der Waals surface area contributed by atoms with Crippen LogP contribution in [-0.4, -0.2) is 38.9 Å². The molecule has 1 heterocycles. The summed E-state index contributed by atoms with van der Waals surface area (Å²) in [6, 6.07) is 3.52. The van der Waals surface area contributed by atoms with Gasteiger partial charge in [-0.15, -0.1) is 10.2 Å². The molecule has 0 bridgehead atoms. The number of hydrogen-bond acceptors (Lipinski definition) is 6. The van der Waals surface area contributed by atoms with Crippen molar-refractivity contribution in [2.24, 2.45) is 0 Å². The van der Waals surface area contributed by atoms with Gasteiger partial charge in [-0.05, 0) is 37.8 Å². The molecule has 0 aliphatic carbocycles. The average Bonchev–Trinajstić information content (AvgIpc) is 3.15. The van der Waals surface area contributed by atoms with E-state index < -0.39 is 0 Å². The van der Waals surface area contributed by atoms with Gasteiger partial charge in [0, 0.05) is 11.5 Å². The minimum absolute atomic E-state index is 0. The van der Waals surface area contributed by atoms with E-state index in [-0.39, 0.29) is 73.1 Å². The molecule has 2 rings (SSSR count). The van der Waals surface area contributed by atoms with Gasteiger partial charge in [0.25, 0.3) is 0 Å². The van der Waals surface area contributed by atoms with Gasteiger partial charge in [-0.1, -0.05) is 38.8 Å². The van der Waals surface area contributed by atoms with Crippen molar-refractivity contribution >= 4 is 0 Å². The molecular formula is C19H32N4Na2O3. The number of tetrazole rings is 1. The SMILES string of the molecule is CCOc1cc(CC)c(OCCCCCC(C)(C)c2nn[nH]n2)cc1O.[H-].[H-].[Na+].[Na+]. The Hall–Kier alpha value is -0.310. The number of unbranched alkanes of at least 4 members (excludes halogenated alkanes) is 2. The maximum absolute atomic E-state index is 10.0. The number of benzene rings is 1. The summed E-state index contributed by atoms with van der Waals surface area (Å²) in [7, 11) is 0. The monoisotopic (exact) mass is 410 g/mol. The Morgan fingerprint density at radius 3 is 2.43 bits per heavy atom. The summed E-state index contributed by atoms with van der Waals surface area (Å²) in [4.78, 5) is 0. The normalized spacial score (nSPS) is 10.7. The van der Waals surface area contributed by atoms with Crippen LogP contribution in [-0.2, 0) is 11.8 Å². The zero-order chi connectivity index (χ0) is 19.0. The topological polar surface area (TPSA) is 93.2 Å². The van der Waals surface area contributed by atoms with E-state index in [9.17, 15) is 5.11 Å². The molecule has 0 atom stereocenters. The maximum atomic E-state index is 10.0. The number of nitrogens with one attached hydrogen (secondary N) is 1. The third kappa shape index (κ3) is 8.20. The molecule has 0 unspecified atom stereocenters. The van der Waals surface area contributed by atoms with Crippen molar-refractivity contribution in [3.63, 3.8) is 0 Å². The summed E-state index contributed by atoms with van der Waals surface area (Å²) in [5.74, 6) is 2.13. The van der Waals surface area contributed by atoms with Crippen LogP contribution in [0.1, 0.15) is 67.6 Å². The van der Waals surface area contributed by atoms with E-state index in [1.807, 2.05) is 13.0 Å². The van der Waals surface area contributed by atoms with Crippen LogP contribution in [0.2, 0.25) is 0 Å². The average molecular weight is 410 g/mol. The van der Waals surface area contributed by atoms with Crippen LogP contribution < -0.4 is 68.6 Å². The molecule has 9 heteroatoms. The number of aromatic nitrogens is 4.